The van der Waals surface area contributed by atoms with E-state index in [0.717, 1.165) is 85.5 Å². The molecule has 0 spiro atoms. The Labute approximate surface area is 248 Å². The molecule has 0 saturated carbocycles. The van der Waals surface area contributed by atoms with Crippen LogP contribution in [0, 0.1) is 0 Å². The lowest BCUT2D eigenvalue weighted by Gasteiger charge is -2.22. The number of rotatable bonds is 8. The number of fused-ring (bicyclic) bond motifs is 2. The van der Waals surface area contributed by atoms with Gasteiger partial charge in [0.05, 0.1) is 21.6 Å². The van der Waals surface area contributed by atoms with Crippen molar-refractivity contribution in [1.29, 1.82) is 0 Å². The summed E-state index contributed by atoms with van der Waals surface area (Å²) in [6, 6.07) is 12.2. The Balaban J connectivity index is 1.21. The van der Waals surface area contributed by atoms with E-state index in [2.05, 4.69) is 39.2 Å². The van der Waals surface area contributed by atoms with Gasteiger partial charge >= 0.3 is 0 Å². The second kappa shape index (κ2) is 11.2. The van der Waals surface area contributed by atoms with Gasteiger partial charge in [0.2, 0.25) is 0 Å². The van der Waals surface area contributed by atoms with Crippen LogP contribution in [0.2, 0.25) is 0 Å². The predicted molar refractivity (Wildman–Crippen MR) is 168 cm³/mol. The summed E-state index contributed by atoms with van der Waals surface area (Å²) in [7, 11) is 0. The van der Waals surface area contributed by atoms with Gasteiger partial charge in [0, 0.05) is 70.5 Å². The third kappa shape index (κ3) is 5.10. The summed E-state index contributed by atoms with van der Waals surface area (Å²) in [5.41, 5.74) is 8.21. The molecule has 2 N–H and O–H groups in total. The molecule has 1 saturated heterocycles. The SMILES string of the molecule is CC(=O)c1ccc(-c2nccc3[nH]c(C4=C(C)CNc5ncc(-c6cncc(OCCN7CCCC7)c6)cc54)cc23)s1. The van der Waals surface area contributed by atoms with Gasteiger partial charge in [0.15, 0.2) is 5.78 Å². The Morgan fingerprint density at radius 3 is 2.74 bits per heavy atom. The van der Waals surface area contributed by atoms with Gasteiger partial charge in [-0.05, 0) is 81.7 Å². The molecule has 1 fully saturated rings. The molecule has 0 unspecified atom stereocenters. The van der Waals surface area contributed by atoms with Crippen molar-refractivity contribution in [2.75, 3.05) is 38.1 Å². The Morgan fingerprint density at radius 1 is 1.05 bits per heavy atom. The molecule has 2 aliphatic rings. The molecule has 9 heteroatoms. The monoisotopic (exact) mass is 576 g/mol. The number of carbonyl (C=O) groups excluding carboxylic acids is 1. The molecule has 0 aliphatic carbocycles. The summed E-state index contributed by atoms with van der Waals surface area (Å²) in [5.74, 6) is 1.69. The molecule has 212 valence electrons. The first-order valence-corrected chi connectivity index (χ1v) is 15.2. The van der Waals surface area contributed by atoms with Crippen molar-refractivity contribution in [1.82, 2.24) is 24.8 Å². The molecule has 0 bridgehead atoms. The van der Waals surface area contributed by atoms with Gasteiger partial charge in [-0.2, -0.15) is 0 Å². The Kier molecular flexibility index (Phi) is 7.05. The third-order valence-corrected chi connectivity index (χ3v) is 9.22. The second-order valence-corrected chi connectivity index (χ2v) is 12.0. The smallest absolute Gasteiger partial charge is 0.169 e. The Bertz CT molecular complexity index is 1830. The molecule has 42 heavy (non-hydrogen) atoms. The number of hydrogen-bond acceptors (Lipinski definition) is 8. The van der Waals surface area contributed by atoms with Crippen molar-refractivity contribution < 1.29 is 9.53 Å². The zero-order chi connectivity index (χ0) is 28.6. The number of aromatic amines is 1. The molecule has 0 atom stereocenters. The number of anilines is 1. The van der Waals surface area contributed by atoms with Crippen LogP contribution >= 0.6 is 11.3 Å². The minimum atomic E-state index is 0.0676. The lowest BCUT2D eigenvalue weighted by atomic mass is 9.93. The summed E-state index contributed by atoms with van der Waals surface area (Å²) in [6.45, 7) is 8.38. The number of thiophene rings is 1. The van der Waals surface area contributed by atoms with Gasteiger partial charge in [0.1, 0.15) is 18.2 Å². The average Bonchev–Trinajstić information content (AvgIpc) is 3.78. The van der Waals surface area contributed by atoms with Crippen molar-refractivity contribution in [3.63, 3.8) is 0 Å². The van der Waals surface area contributed by atoms with Crippen LogP contribution in [0.5, 0.6) is 5.75 Å². The van der Waals surface area contributed by atoms with Crippen LogP contribution in [0.25, 0.3) is 38.2 Å². The van der Waals surface area contributed by atoms with E-state index in [0.29, 0.717) is 13.2 Å². The highest BCUT2D eigenvalue weighted by Crippen LogP contribution is 2.40. The molecule has 7 rings (SSSR count). The zero-order valence-corrected chi connectivity index (χ0v) is 24.6. The summed E-state index contributed by atoms with van der Waals surface area (Å²) < 4.78 is 6.07. The molecule has 2 aliphatic heterocycles. The predicted octanol–water partition coefficient (Wildman–Crippen LogP) is 6.67. The molecule has 0 amide bonds. The van der Waals surface area contributed by atoms with Crippen molar-refractivity contribution in [2.45, 2.75) is 26.7 Å². The van der Waals surface area contributed by atoms with Crippen molar-refractivity contribution in [2.24, 2.45) is 0 Å². The van der Waals surface area contributed by atoms with E-state index in [1.807, 2.05) is 42.9 Å². The fraction of sp³-hybridized carbons (Fsp3) is 0.273. The molecule has 0 radical (unpaired) electrons. The summed E-state index contributed by atoms with van der Waals surface area (Å²) in [5, 5.41) is 4.50. The molecule has 7 heterocycles. The van der Waals surface area contributed by atoms with Gasteiger partial charge in [-0.3, -0.25) is 19.7 Å². The fourth-order valence-electron chi connectivity index (χ4n) is 5.86. The molecule has 0 aromatic carbocycles. The van der Waals surface area contributed by atoms with Gasteiger partial charge in [-0.25, -0.2) is 4.98 Å². The number of Topliss-reactive ketones (excluding diaryl/α,β-unsaturated/α-hetero) is 1. The van der Waals surface area contributed by atoms with Crippen LogP contribution in [-0.4, -0.2) is 63.4 Å². The van der Waals surface area contributed by atoms with Crippen LogP contribution in [0.15, 0.2) is 66.8 Å². The number of H-pyrrole nitrogens is 1. The summed E-state index contributed by atoms with van der Waals surface area (Å²) in [4.78, 5) is 33.7. The molecule has 8 nitrogen and oxygen atoms in total. The lowest BCUT2D eigenvalue weighted by Crippen LogP contribution is -2.25. The molecule has 5 aromatic rings. The Morgan fingerprint density at radius 2 is 1.90 bits per heavy atom. The van der Waals surface area contributed by atoms with E-state index < -0.39 is 0 Å². The van der Waals surface area contributed by atoms with E-state index in [4.69, 9.17) is 14.7 Å². The van der Waals surface area contributed by atoms with Crippen LogP contribution in [0.4, 0.5) is 5.82 Å². The summed E-state index contributed by atoms with van der Waals surface area (Å²) >= 11 is 1.48. The quantitative estimate of drug-likeness (QED) is 0.199. The van der Waals surface area contributed by atoms with Crippen LogP contribution in [-0.2, 0) is 0 Å². The standard InChI is InChI=1S/C33H32N6O2S/c1-20-16-36-33-26(14-23(18-37-33)22-13-24(19-34-17-22)41-12-11-39-9-3-4-10-39)31(20)28-15-25-27(38-28)7-8-35-32(25)30-6-5-29(42-30)21(2)40/h5-8,13-15,17-19,38H,3-4,9-12,16H2,1-2H3,(H,36,37). The topological polar surface area (TPSA) is 96.0 Å². The molecule has 5 aromatic heterocycles. The first kappa shape index (κ1) is 26.6. The fourth-order valence-corrected chi connectivity index (χ4v) is 6.77. The van der Waals surface area contributed by atoms with E-state index in [1.54, 1.807) is 13.1 Å². The van der Waals surface area contributed by atoms with Crippen molar-refractivity contribution >= 4 is 39.4 Å². The second-order valence-electron chi connectivity index (χ2n) is 11.0. The number of hydrogen-bond donors (Lipinski definition) is 2. The van der Waals surface area contributed by atoms with E-state index in [1.165, 1.54) is 29.8 Å². The first-order valence-electron chi connectivity index (χ1n) is 14.4. The minimum absolute atomic E-state index is 0.0676. The van der Waals surface area contributed by atoms with Crippen molar-refractivity contribution in [3.05, 3.63) is 82.9 Å². The maximum absolute atomic E-state index is 11.9. The Hall–Kier alpha value is -4.34. The zero-order valence-electron chi connectivity index (χ0n) is 23.7. The number of aromatic nitrogens is 4. The van der Waals surface area contributed by atoms with Gasteiger partial charge in [-0.1, -0.05) is 0 Å². The van der Waals surface area contributed by atoms with Crippen molar-refractivity contribution in [3.8, 4) is 27.4 Å². The number of ether oxygens (including phenoxy) is 1. The molecular formula is C33H32N6O2S. The van der Waals surface area contributed by atoms with Crippen LogP contribution in [0.1, 0.15) is 47.6 Å². The lowest BCUT2D eigenvalue weighted by molar-refractivity contribution is 0.102. The van der Waals surface area contributed by atoms with E-state index in [-0.39, 0.29) is 5.78 Å². The number of nitrogens with one attached hydrogen (secondary N) is 2. The van der Waals surface area contributed by atoms with E-state index in [9.17, 15) is 4.79 Å². The maximum atomic E-state index is 11.9. The van der Waals surface area contributed by atoms with Crippen LogP contribution < -0.4 is 10.1 Å². The number of likely N-dealkylation sites (tertiary alicyclic amines) is 1. The highest BCUT2D eigenvalue weighted by atomic mass is 32.1. The highest BCUT2D eigenvalue weighted by Gasteiger charge is 2.23. The van der Waals surface area contributed by atoms with Gasteiger partial charge in [0.25, 0.3) is 0 Å². The first-order chi connectivity index (χ1) is 20.5. The maximum Gasteiger partial charge on any atom is 0.169 e. The van der Waals surface area contributed by atoms with Crippen LogP contribution in [0.3, 0.4) is 0 Å². The third-order valence-electron chi connectivity index (χ3n) is 8.03. The number of carbonyl (C=O) groups is 1. The average molecular weight is 577 g/mol. The normalized spacial score (nSPS) is 15.2. The highest BCUT2D eigenvalue weighted by molar-refractivity contribution is 7.17. The largest absolute Gasteiger partial charge is 0.491 e. The van der Waals surface area contributed by atoms with E-state index >= 15 is 0 Å². The van der Waals surface area contributed by atoms with Gasteiger partial charge < -0.3 is 15.0 Å². The number of ketones is 1. The summed E-state index contributed by atoms with van der Waals surface area (Å²) in [6.07, 6.45) is 9.90. The molecular weight excluding hydrogens is 544 g/mol. The number of pyridine rings is 3. The number of nitrogens with zero attached hydrogens (tertiary/aromatic N) is 4. The minimum Gasteiger partial charge on any atom is -0.491 e. The van der Waals surface area contributed by atoms with Gasteiger partial charge in [-0.15, -0.1) is 11.3 Å².